The molecule has 184 valence electrons. The Bertz CT molecular complexity index is 804. The van der Waals surface area contributed by atoms with Crippen molar-refractivity contribution < 1.29 is 24.2 Å². The van der Waals surface area contributed by atoms with Gasteiger partial charge in [0.15, 0.2) is 0 Å². The van der Waals surface area contributed by atoms with Crippen LogP contribution in [0.3, 0.4) is 0 Å². The van der Waals surface area contributed by atoms with Gasteiger partial charge in [0.05, 0.1) is 29.2 Å². The monoisotopic (exact) mass is 478 g/mol. The fraction of sp³-hybridized carbons (Fsp3) is 0.720. The zero-order valence-corrected chi connectivity index (χ0v) is 20.9. The maximum Gasteiger partial charge on any atom is 0.311 e. The molecule has 33 heavy (non-hydrogen) atoms. The molecule has 0 aliphatic carbocycles. The van der Waals surface area contributed by atoms with Crippen molar-refractivity contribution in [2.24, 2.45) is 11.8 Å². The minimum absolute atomic E-state index is 0.0909. The average Bonchev–Trinajstić information content (AvgIpc) is 3.36. The molecule has 3 aliphatic heterocycles. The molecule has 2 amide bonds. The van der Waals surface area contributed by atoms with Gasteiger partial charge in [-0.25, -0.2) is 0 Å². The molecule has 3 rings (SSSR count). The van der Waals surface area contributed by atoms with Crippen LogP contribution in [0.25, 0.3) is 0 Å². The number of aliphatic hydroxyl groups excluding tert-OH is 1. The molecular formula is C25H38N2O5S. The second-order valence-electron chi connectivity index (χ2n) is 9.70. The van der Waals surface area contributed by atoms with Crippen molar-refractivity contribution in [3.63, 3.8) is 0 Å². The van der Waals surface area contributed by atoms with Gasteiger partial charge in [0.2, 0.25) is 11.8 Å². The highest BCUT2D eigenvalue weighted by molar-refractivity contribution is 8.02. The summed E-state index contributed by atoms with van der Waals surface area (Å²) >= 11 is 1.61. The first-order chi connectivity index (χ1) is 15.7. The van der Waals surface area contributed by atoms with Crippen molar-refractivity contribution in [1.82, 2.24) is 9.80 Å². The fourth-order valence-electron chi connectivity index (χ4n) is 5.97. The molecule has 3 heterocycles. The quantitative estimate of drug-likeness (QED) is 0.264. The lowest BCUT2D eigenvalue weighted by molar-refractivity contribution is -0.155. The molecule has 8 heteroatoms. The van der Waals surface area contributed by atoms with Crippen LogP contribution in [0.15, 0.2) is 25.3 Å². The van der Waals surface area contributed by atoms with E-state index in [1.807, 2.05) is 6.92 Å². The molecule has 6 atom stereocenters. The molecule has 1 spiro atoms. The number of hydrogen-bond acceptors (Lipinski definition) is 6. The summed E-state index contributed by atoms with van der Waals surface area (Å²) < 4.78 is 4.26. The number of rotatable bonds is 12. The highest BCUT2D eigenvalue weighted by Gasteiger charge is 2.78. The lowest BCUT2D eigenvalue weighted by Crippen LogP contribution is -2.57. The van der Waals surface area contributed by atoms with Crippen LogP contribution in [0.4, 0.5) is 0 Å². The Morgan fingerprint density at radius 3 is 2.67 bits per heavy atom. The number of likely N-dealkylation sites (tertiary alicyclic amines) is 1. The predicted molar refractivity (Wildman–Crippen MR) is 130 cm³/mol. The minimum atomic E-state index is -0.720. The van der Waals surface area contributed by atoms with E-state index in [0.29, 0.717) is 19.5 Å². The molecule has 2 bridgehead atoms. The van der Waals surface area contributed by atoms with Crippen LogP contribution in [-0.2, 0) is 19.1 Å². The zero-order chi connectivity index (χ0) is 24.4. The largest absolute Gasteiger partial charge is 0.461 e. The number of thioether (sulfide) groups is 1. The standard InChI is InChI=1S/C25H38N2O5S/c1-6-9-10-14-26(13-7-2)22(30)20-25-12-11-24(5,33-25)19(23(31)32-15-8-3)18(25)21(29)27(20)17(4)16-28/h7-8,17-20,28H,2-3,6,9-16H2,1,4-5H3/t17-,18+,19+,20?,24-,25?/m1/s1. The van der Waals surface area contributed by atoms with Gasteiger partial charge in [0.25, 0.3) is 0 Å². The molecule has 2 unspecified atom stereocenters. The van der Waals surface area contributed by atoms with Crippen molar-refractivity contribution in [2.75, 3.05) is 26.3 Å². The molecule has 3 aliphatic rings. The van der Waals surface area contributed by atoms with E-state index in [9.17, 15) is 19.5 Å². The third-order valence-electron chi connectivity index (χ3n) is 7.48. The third kappa shape index (κ3) is 4.25. The van der Waals surface area contributed by atoms with Crippen molar-refractivity contribution >= 4 is 29.5 Å². The summed E-state index contributed by atoms with van der Waals surface area (Å²) in [4.78, 5) is 44.3. The highest BCUT2D eigenvalue weighted by Crippen LogP contribution is 2.71. The van der Waals surface area contributed by atoms with Gasteiger partial charge in [-0.15, -0.1) is 18.3 Å². The Morgan fingerprint density at radius 1 is 1.33 bits per heavy atom. The molecule has 0 aromatic rings. The van der Waals surface area contributed by atoms with E-state index in [-0.39, 0.29) is 25.0 Å². The lowest BCUT2D eigenvalue weighted by atomic mass is 9.66. The maximum absolute atomic E-state index is 14.0. The number of hydrogen-bond donors (Lipinski definition) is 1. The first kappa shape index (κ1) is 25.8. The van der Waals surface area contributed by atoms with Crippen LogP contribution in [0.2, 0.25) is 0 Å². The number of amides is 2. The average molecular weight is 479 g/mol. The number of carbonyl (C=O) groups is 3. The first-order valence-corrected chi connectivity index (χ1v) is 12.8. The van der Waals surface area contributed by atoms with Crippen LogP contribution >= 0.6 is 11.8 Å². The summed E-state index contributed by atoms with van der Waals surface area (Å²) in [5, 5.41) is 9.96. The van der Waals surface area contributed by atoms with Gasteiger partial charge in [-0.1, -0.05) is 38.5 Å². The molecular weight excluding hydrogens is 440 g/mol. The van der Waals surface area contributed by atoms with E-state index in [2.05, 4.69) is 20.1 Å². The second-order valence-corrected chi connectivity index (χ2v) is 11.6. The normalized spacial score (nSPS) is 33.0. The van der Waals surface area contributed by atoms with E-state index >= 15 is 0 Å². The summed E-state index contributed by atoms with van der Waals surface area (Å²) in [6, 6.07) is -1.24. The number of nitrogens with zero attached hydrogens (tertiary/aromatic N) is 2. The summed E-state index contributed by atoms with van der Waals surface area (Å²) in [5.41, 5.74) is 0. The topological polar surface area (TPSA) is 87.1 Å². The number of esters is 1. The van der Waals surface area contributed by atoms with E-state index in [1.54, 1.807) is 34.6 Å². The molecule has 7 nitrogen and oxygen atoms in total. The summed E-state index contributed by atoms with van der Waals surface area (Å²) in [7, 11) is 0. The molecule has 0 aromatic carbocycles. The van der Waals surface area contributed by atoms with Crippen molar-refractivity contribution in [1.29, 1.82) is 0 Å². The Labute approximate surface area is 201 Å². The van der Waals surface area contributed by atoms with Crippen LogP contribution < -0.4 is 0 Å². The van der Waals surface area contributed by atoms with E-state index < -0.39 is 39.4 Å². The Morgan fingerprint density at radius 2 is 2.06 bits per heavy atom. The molecule has 0 radical (unpaired) electrons. The third-order valence-corrected chi connectivity index (χ3v) is 9.46. The molecule has 0 saturated carbocycles. The van der Waals surface area contributed by atoms with Gasteiger partial charge < -0.3 is 19.6 Å². The van der Waals surface area contributed by atoms with Gasteiger partial charge in [-0.3, -0.25) is 14.4 Å². The predicted octanol–water partition coefficient (Wildman–Crippen LogP) is 2.78. The van der Waals surface area contributed by atoms with Crippen LogP contribution in [0, 0.1) is 11.8 Å². The number of aliphatic hydroxyl groups is 1. The number of unbranched alkanes of at least 4 members (excludes halogenated alkanes) is 2. The lowest BCUT2D eigenvalue weighted by Gasteiger charge is -2.38. The van der Waals surface area contributed by atoms with Crippen molar-refractivity contribution in [3.8, 4) is 0 Å². The molecule has 1 N–H and O–H groups in total. The van der Waals surface area contributed by atoms with Gasteiger partial charge >= 0.3 is 5.97 Å². The smallest absolute Gasteiger partial charge is 0.311 e. The van der Waals surface area contributed by atoms with E-state index in [1.165, 1.54) is 6.08 Å². The minimum Gasteiger partial charge on any atom is -0.461 e. The van der Waals surface area contributed by atoms with E-state index in [4.69, 9.17) is 4.74 Å². The van der Waals surface area contributed by atoms with Crippen LogP contribution in [-0.4, -0.2) is 80.6 Å². The van der Waals surface area contributed by atoms with Crippen LogP contribution in [0.5, 0.6) is 0 Å². The molecule has 3 fully saturated rings. The van der Waals surface area contributed by atoms with Crippen molar-refractivity contribution in [2.45, 2.75) is 74.5 Å². The Balaban J connectivity index is 2.02. The summed E-state index contributed by atoms with van der Waals surface area (Å²) in [5.74, 6) is -2.00. The summed E-state index contributed by atoms with van der Waals surface area (Å²) in [6.07, 6.45) is 7.58. The molecule has 3 saturated heterocycles. The van der Waals surface area contributed by atoms with Gasteiger partial charge in [-0.2, -0.15) is 0 Å². The Kier molecular flexibility index (Phi) is 7.99. The zero-order valence-electron chi connectivity index (χ0n) is 20.1. The number of fused-ring (bicyclic) bond motifs is 1. The maximum atomic E-state index is 14.0. The fourth-order valence-corrected chi connectivity index (χ4v) is 8.29. The van der Waals surface area contributed by atoms with Gasteiger partial charge in [0.1, 0.15) is 12.6 Å². The highest BCUT2D eigenvalue weighted by atomic mass is 32.2. The second kappa shape index (κ2) is 10.2. The van der Waals surface area contributed by atoms with Crippen LogP contribution in [0.1, 0.15) is 52.9 Å². The summed E-state index contributed by atoms with van der Waals surface area (Å²) in [6.45, 7) is 14.2. The van der Waals surface area contributed by atoms with Gasteiger partial charge in [-0.05, 0) is 33.1 Å². The van der Waals surface area contributed by atoms with Gasteiger partial charge in [0, 0.05) is 17.8 Å². The Hall–Kier alpha value is -1.80. The van der Waals surface area contributed by atoms with Crippen molar-refractivity contribution in [3.05, 3.63) is 25.3 Å². The van der Waals surface area contributed by atoms with E-state index in [0.717, 1.165) is 25.7 Å². The SMILES string of the molecule is C=CCOC(=O)[C@@H]1[C@H]2C(=O)N([C@H](C)CO)C(C(=O)N(CC=C)CCCCC)C23CC[C@@]1(C)S3. The molecule has 0 aromatic heterocycles. The number of ether oxygens (including phenoxy) is 1. The number of carbonyl (C=O) groups excluding carboxylic acids is 3. The first-order valence-electron chi connectivity index (χ1n) is 12.0.